The first-order valence-corrected chi connectivity index (χ1v) is 6.51. The van der Waals surface area contributed by atoms with Crippen LogP contribution in [-0.2, 0) is 4.74 Å². The van der Waals surface area contributed by atoms with Crippen molar-refractivity contribution in [3.05, 3.63) is 39.8 Å². The Balaban J connectivity index is 2.24. The van der Waals surface area contributed by atoms with Crippen LogP contribution in [0.3, 0.4) is 0 Å². The van der Waals surface area contributed by atoms with Crippen molar-refractivity contribution in [1.29, 1.82) is 0 Å². The molecule has 1 saturated carbocycles. The van der Waals surface area contributed by atoms with Crippen LogP contribution in [0.2, 0.25) is 0 Å². The zero-order chi connectivity index (χ0) is 14.9. The van der Waals surface area contributed by atoms with Crippen LogP contribution in [0.1, 0.15) is 45.1 Å². The third-order valence-corrected chi connectivity index (χ3v) is 2.79. The smallest absolute Gasteiger partial charge is 0.428 e. The summed E-state index contributed by atoms with van der Waals surface area (Å²) in [6.45, 7) is 5.01. The molecule has 108 valence electrons. The van der Waals surface area contributed by atoms with Crippen molar-refractivity contribution >= 4 is 6.16 Å². The summed E-state index contributed by atoms with van der Waals surface area (Å²) >= 11 is 0. The molecule has 1 aromatic carbocycles. The van der Waals surface area contributed by atoms with Crippen LogP contribution in [0.15, 0.2) is 23.0 Å². The van der Waals surface area contributed by atoms with E-state index < -0.39 is 23.0 Å². The molecule has 20 heavy (non-hydrogen) atoms. The number of hydrogen-bond donors (Lipinski definition) is 0. The molecule has 0 heterocycles. The van der Waals surface area contributed by atoms with E-state index in [1.54, 1.807) is 26.8 Å². The summed E-state index contributed by atoms with van der Waals surface area (Å²) in [7, 11) is 0. The van der Waals surface area contributed by atoms with Gasteiger partial charge in [-0.3, -0.25) is 4.79 Å². The number of hydrogen-bond acceptors (Lipinski definition) is 4. The predicted octanol–water partition coefficient (Wildman–Crippen LogP) is 3.38. The lowest BCUT2D eigenvalue weighted by Gasteiger charge is -2.18. The second-order valence-corrected chi connectivity index (χ2v) is 5.86. The van der Waals surface area contributed by atoms with Crippen LogP contribution in [0.25, 0.3) is 0 Å². The molecular formula is C15H17FO4. The topological polar surface area (TPSA) is 52.6 Å². The van der Waals surface area contributed by atoms with E-state index in [4.69, 9.17) is 9.47 Å². The van der Waals surface area contributed by atoms with E-state index in [0.29, 0.717) is 5.92 Å². The fourth-order valence-electron chi connectivity index (χ4n) is 1.74. The van der Waals surface area contributed by atoms with Gasteiger partial charge in [-0.05, 0) is 57.2 Å². The monoisotopic (exact) mass is 280 g/mol. The Labute approximate surface area is 116 Å². The van der Waals surface area contributed by atoms with Gasteiger partial charge in [-0.15, -0.1) is 0 Å². The molecule has 2 rings (SSSR count). The van der Waals surface area contributed by atoms with Crippen LogP contribution in [-0.4, -0.2) is 11.8 Å². The quantitative estimate of drug-likeness (QED) is 0.779. The molecule has 0 unspecified atom stereocenters. The Hall–Kier alpha value is -1.91. The van der Waals surface area contributed by atoms with Gasteiger partial charge in [0.15, 0.2) is 11.6 Å². The zero-order valence-electron chi connectivity index (χ0n) is 11.7. The second kappa shape index (κ2) is 5.23. The van der Waals surface area contributed by atoms with Gasteiger partial charge in [0.1, 0.15) is 5.60 Å². The number of carbonyl (C=O) groups is 1. The first kappa shape index (κ1) is 14.5. The van der Waals surface area contributed by atoms with E-state index in [1.165, 1.54) is 12.1 Å². The van der Waals surface area contributed by atoms with Crippen LogP contribution in [0.5, 0.6) is 5.75 Å². The molecule has 0 amide bonds. The average Bonchev–Trinajstić information content (AvgIpc) is 3.12. The highest BCUT2D eigenvalue weighted by Gasteiger charge is 2.25. The lowest BCUT2D eigenvalue weighted by molar-refractivity contribution is 0.0204. The van der Waals surface area contributed by atoms with E-state index >= 15 is 0 Å². The van der Waals surface area contributed by atoms with Crippen LogP contribution < -0.4 is 10.2 Å². The van der Waals surface area contributed by atoms with Gasteiger partial charge < -0.3 is 9.47 Å². The molecule has 1 aliphatic carbocycles. The average molecular weight is 280 g/mol. The van der Waals surface area contributed by atoms with E-state index in [1.807, 2.05) is 0 Å². The SMILES string of the molecule is CC(C)(C)OC(=O)Oc1ccc(C2CC2)cc(F)c1=O. The van der Waals surface area contributed by atoms with Crippen molar-refractivity contribution in [2.45, 2.75) is 45.1 Å². The predicted molar refractivity (Wildman–Crippen MR) is 71.5 cm³/mol. The molecule has 5 heteroatoms. The largest absolute Gasteiger partial charge is 0.514 e. The normalized spacial score (nSPS) is 14.8. The molecule has 0 spiro atoms. The minimum Gasteiger partial charge on any atom is -0.428 e. The van der Waals surface area contributed by atoms with E-state index in [-0.39, 0.29) is 5.75 Å². The summed E-state index contributed by atoms with van der Waals surface area (Å²) in [5, 5.41) is 0. The van der Waals surface area contributed by atoms with Crippen molar-refractivity contribution < 1.29 is 18.7 Å². The van der Waals surface area contributed by atoms with E-state index in [9.17, 15) is 14.0 Å². The summed E-state index contributed by atoms with van der Waals surface area (Å²) in [5.41, 5.74) is -0.934. The lowest BCUT2D eigenvalue weighted by Crippen LogP contribution is -2.27. The van der Waals surface area contributed by atoms with E-state index in [0.717, 1.165) is 18.4 Å². The summed E-state index contributed by atoms with van der Waals surface area (Å²) in [4.78, 5) is 23.3. The molecule has 0 N–H and O–H groups in total. The van der Waals surface area contributed by atoms with Gasteiger partial charge >= 0.3 is 6.16 Å². The molecule has 0 radical (unpaired) electrons. The van der Waals surface area contributed by atoms with Gasteiger partial charge in [0.05, 0.1) is 0 Å². The molecule has 4 nitrogen and oxygen atoms in total. The van der Waals surface area contributed by atoms with Gasteiger partial charge in [-0.25, -0.2) is 9.18 Å². The maximum Gasteiger partial charge on any atom is 0.514 e. The van der Waals surface area contributed by atoms with Gasteiger partial charge in [0, 0.05) is 0 Å². The van der Waals surface area contributed by atoms with Gasteiger partial charge in [0.25, 0.3) is 5.43 Å². The fraction of sp³-hybridized carbons (Fsp3) is 0.467. The maximum absolute atomic E-state index is 13.7. The number of halogens is 1. The summed E-state index contributed by atoms with van der Waals surface area (Å²) in [6, 6.07) is 4.15. The molecule has 0 aliphatic heterocycles. The molecule has 0 aromatic heterocycles. The Morgan fingerprint density at radius 2 is 1.95 bits per heavy atom. The summed E-state index contributed by atoms with van der Waals surface area (Å²) < 4.78 is 23.4. The first-order chi connectivity index (χ1) is 9.26. The highest BCUT2D eigenvalue weighted by Crippen LogP contribution is 2.39. The molecule has 1 aliphatic rings. The van der Waals surface area contributed by atoms with Gasteiger partial charge in [0.2, 0.25) is 0 Å². The Bertz CT molecular complexity index is 585. The number of carbonyl (C=O) groups excluding carboxylic acids is 1. The van der Waals surface area contributed by atoms with Crippen LogP contribution in [0, 0.1) is 5.82 Å². The van der Waals surface area contributed by atoms with Crippen LogP contribution in [0.4, 0.5) is 9.18 Å². The fourth-order valence-corrected chi connectivity index (χ4v) is 1.74. The molecule has 1 fully saturated rings. The second-order valence-electron chi connectivity index (χ2n) is 5.86. The standard InChI is InChI=1S/C15H17FO4/c1-15(2,3)20-14(18)19-12-7-6-10(9-4-5-9)8-11(16)13(12)17/h6-9H,4-5H2,1-3H3. The Kier molecular flexibility index (Phi) is 3.79. The van der Waals surface area contributed by atoms with Crippen molar-refractivity contribution in [3.63, 3.8) is 0 Å². The number of ether oxygens (including phenoxy) is 2. The first-order valence-electron chi connectivity index (χ1n) is 6.51. The van der Waals surface area contributed by atoms with Crippen molar-refractivity contribution in [1.82, 2.24) is 0 Å². The molecule has 0 atom stereocenters. The third kappa shape index (κ3) is 3.79. The Morgan fingerprint density at radius 3 is 2.50 bits per heavy atom. The lowest BCUT2D eigenvalue weighted by atomic mass is 10.2. The highest BCUT2D eigenvalue weighted by atomic mass is 19.1. The maximum atomic E-state index is 13.7. The van der Waals surface area contributed by atoms with Crippen molar-refractivity contribution in [2.24, 2.45) is 0 Å². The molecule has 0 saturated heterocycles. The minimum absolute atomic E-state index is 0.297. The number of rotatable bonds is 2. The molecule has 0 bridgehead atoms. The minimum atomic E-state index is -1.02. The summed E-state index contributed by atoms with van der Waals surface area (Å²) in [6.07, 6.45) is 0.952. The van der Waals surface area contributed by atoms with Gasteiger partial charge in [-0.2, -0.15) is 0 Å². The Morgan fingerprint density at radius 1 is 1.30 bits per heavy atom. The summed E-state index contributed by atoms with van der Waals surface area (Å²) in [5.74, 6) is -0.982. The third-order valence-electron chi connectivity index (χ3n) is 2.79. The van der Waals surface area contributed by atoms with Crippen molar-refractivity contribution in [2.75, 3.05) is 0 Å². The highest BCUT2D eigenvalue weighted by molar-refractivity contribution is 5.64. The molecule has 1 aromatic rings. The van der Waals surface area contributed by atoms with Gasteiger partial charge in [-0.1, -0.05) is 6.07 Å². The van der Waals surface area contributed by atoms with Crippen LogP contribution >= 0.6 is 0 Å². The van der Waals surface area contributed by atoms with E-state index in [2.05, 4.69) is 0 Å². The van der Waals surface area contributed by atoms with Crippen molar-refractivity contribution in [3.8, 4) is 5.75 Å². The molecular weight excluding hydrogens is 263 g/mol. The zero-order valence-corrected chi connectivity index (χ0v) is 11.7.